The van der Waals surface area contributed by atoms with Crippen molar-refractivity contribution in [2.75, 3.05) is 12.8 Å². The number of aliphatic hydroxyl groups excluding tert-OH is 1. The quantitative estimate of drug-likeness (QED) is 0.564. The van der Waals surface area contributed by atoms with Gasteiger partial charge in [-0.2, -0.15) is 0 Å². The van der Waals surface area contributed by atoms with E-state index < -0.39 is 7.26 Å². The van der Waals surface area contributed by atoms with E-state index in [1.807, 2.05) is 19.1 Å². The van der Waals surface area contributed by atoms with Gasteiger partial charge in [-0.25, -0.2) is 0 Å². The van der Waals surface area contributed by atoms with Crippen molar-refractivity contribution in [2.24, 2.45) is 0 Å². The Morgan fingerprint density at radius 3 is 1.58 bits per heavy atom. The summed E-state index contributed by atoms with van der Waals surface area (Å²) >= 11 is 0. The summed E-state index contributed by atoms with van der Waals surface area (Å²) in [5, 5.41) is 12.6. The van der Waals surface area contributed by atoms with Crippen molar-refractivity contribution in [1.29, 1.82) is 0 Å². The van der Waals surface area contributed by atoms with E-state index in [4.69, 9.17) is 0 Å². The van der Waals surface area contributed by atoms with Crippen LogP contribution in [0.1, 0.15) is 6.92 Å². The van der Waals surface area contributed by atoms with E-state index >= 15 is 0 Å². The Labute approximate surface area is 133 Å². The van der Waals surface area contributed by atoms with E-state index in [-0.39, 0.29) is 30.1 Å². The highest BCUT2D eigenvalue weighted by atomic mass is 127. The second-order valence-electron chi connectivity index (χ2n) is 4.89. The molecule has 0 heterocycles. The predicted molar refractivity (Wildman–Crippen MR) is 81.5 cm³/mol. The molecule has 2 aromatic carbocycles. The molecule has 19 heavy (non-hydrogen) atoms. The van der Waals surface area contributed by atoms with Gasteiger partial charge in [-0.15, -0.1) is 0 Å². The van der Waals surface area contributed by atoms with Gasteiger partial charge in [0.15, 0.2) is 0 Å². The molecule has 2 rings (SSSR count). The lowest BCUT2D eigenvalue weighted by Crippen LogP contribution is -3.00. The van der Waals surface area contributed by atoms with Crippen molar-refractivity contribution in [2.45, 2.75) is 13.0 Å². The van der Waals surface area contributed by atoms with E-state index in [1.165, 1.54) is 10.6 Å². The number of halogens is 1. The number of hydrogen-bond acceptors (Lipinski definition) is 1. The van der Waals surface area contributed by atoms with Crippen molar-refractivity contribution in [3.8, 4) is 0 Å². The summed E-state index contributed by atoms with van der Waals surface area (Å²) in [5.74, 6) is 0. The highest BCUT2D eigenvalue weighted by molar-refractivity contribution is 7.88. The molecule has 0 saturated heterocycles. The summed E-state index contributed by atoms with van der Waals surface area (Å²) in [6.45, 7) is 4.19. The molecule has 1 N–H and O–H groups in total. The molecule has 1 unspecified atom stereocenters. The zero-order valence-corrected chi connectivity index (χ0v) is 14.4. The summed E-state index contributed by atoms with van der Waals surface area (Å²) in [4.78, 5) is 0. The van der Waals surface area contributed by atoms with Crippen LogP contribution in [0.15, 0.2) is 60.7 Å². The molecule has 0 radical (unpaired) electrons. The molecule has 0 fully saturated rings. The van der Waals surface area contributed by atoms with Crippen LogP contribution in [-0.2, 0) is 0 Å². The van der Waals surface area contributed by atoms with E-state index in [9.17, 15) is 5.11 Å². The average Bonchev–Trinajstić information content (AvgIpc) is 2.40. The van der Waals surface area contributed by atoms with Crippen LogP contribution in [0.2, 0.25) is 0 Å². The molecule has 102 valence electrons. The smallest absolute Gasteiger partial charge is 0.0989 e. The second kappa shape index (κ2) is 7.37. The molecule has 2 aromatic rings. The zero-order valence-electron chi connectivity index (χ0n) is 11.3. The zero-order chi connectivity index (χ0) is 13.0. The Kier molecular flexibility index (Phi) is 6.45. The first kappa shape index (κ1) is 16.6. The summed E-state index contributed by atoms with van der Waals surface area (Å²) in [6, 6.07) is 21.1. The Bertz CT molecular complexity index is 445. The van der Waals surface area contributed by atoms with Gasteiger partial charge in [-0.1, -0.05) is 36.4 Å². The van der Waals surface area contributed by atoms with E-state index in [0.717, 1.165) is 6.16 Å². The van der Waals surface area contributed by atoms with Gasteiger partial charge in [0.1, 0.15) is 0 Å². The Balaban J connectivity index is 0.00000180. The third-order valence-electron chi connectivity index (χ3n) is 3.28. The minimum atomic E-state index is -1.48. The monoisotopic (exact) mass is 386 g/mol. The minimum Gasteiger partial charge on any atom is -1.00 e. The Morgan fingerprint density at radius 2 is 1.26 bits per heavy atom. The fraction of sp³-hybridized carbons (Fsp3) is 0.250. The van der Waals surface area contributed by atoms with Gasteiger partial charge < -0.3 is 29.1 Å². The minimum absolute atomic E-state index is 0. The van der Waals surface area contributed by atoms with Gasteiger partial charge in [-0.3, -0.25) is 0 Å². The average molecular weight is 386 g/mol. The molecule has 0 aliphatic rings. The fourth-order valence-electron chi connectivity index (χ4n) is 2.40. The van der Waals surface area contributed by atoms with Crippen LogP contribution >= 0.6 is 7.26 Å². The summed E-state index contributed by atoms with van der Waals surface area (Å²) < 4.78 is 0. The molecule has 1 nitrogen and oxygen atoms in total. The van der Waals surface area contributed by atoms with Crippen LogP contribution in [-0.4, -0.2) is 24.0 Å². The number of aliphatic hydroxyl groups is 1. The third-order valence-corrected chi connectivity index (χ3v) is 7.42. The first-order valence-electron chi connectivity index (χ1n) is 6.28. The van der Waals surface area contributed by atoms with Crippen LogP contribution in [0.25, 0.3) is 0 Å². The lowest BCUT2D eigenvalue weighted by atomic mass is 10.4. The maximum atomic E-state index is 9.84. The molecular formula is C16H20IOP. The van der Waals surface area contributed by atoms with Crippen molar-refractivity contribution in [1.82, 2.24) is 0 Å². The van der Waals surface area contributed by atoms with Crippen LogP contribution in [0, 0.1) is 0 Å². The van der Waals surface area contributed by atoms with Crippen molar-refractivity contribution in [3.63, 3.8) is 0 Å². The second-order valence-corrected chi connectivity index (χ2v) is 8.68. The topological polar surface area (TPSA) is 20.2 Å². The Hall–Kier alpha value is -0.440. The first-order chi connectivity index (χ1) is 8.63. The highest BCUT2D eigenvalue weighted by Crippen LogP contribution is 2.52. The van der Waals surface area contributed by atoms with E-state index in [1.54, 1.807) is 0 Å². The lowest BCUT2D eigenvalue weighted by Gasteiger charge is -2.24. The van der Waals surface area contributed by atoms with E-state index in [0.29, 0.717) is 0 Å². The maximum absolute atomic E-state index is 9.84. The van der Waals surface area contributed by atoms with Gasteiger partial charge >= 0.3 is 0 Å². The lowest BCUT2D eigenvalue weighted by molar-refractivity contribution is -0.00000598. The Morgan fingerprint density at radius 1 is 0.895 bits per heavy atom. The fourth-order valence-corrected chi connectivity index (χ4v) is 5.84. The SMILES string of the molecule is CC(O)C[P+](C)(c1ccccc1)c1ccccc1.[I-]. The summed E-state index contributed by atoms with van der Waals surface area (Å²) in [7, 11) is -1.48. The predicted octanol–water partition coefficient (Wildman–Crippen LogP) is -0.330. The first-order valence-corrected chi connectivity index (χ1v) is 8.70. The van der Waals surface area contributed by atoms with Crippen molar-refractivity contribution >= 4 is 17.9 Å². The maximum Gasteiger partial charge on any atom is 0.0989 e. The molecule has 3 heteroatoms. The molecule has 1 atom stereocenters. The number of hydrogen-bond donors (Lipinski definition) is 1. The number of rotatable bonds is 4. The normalized spacial score (nSPS) is 12.6. The van der Waals surface area contributed by atoms with Crippen LogP contribution in [0.5, 0.6) is 0 Å². The molecule has 0 amide bonds. The molecule has 0 spiro atoms. The van der Waals surface area contributed by atoms with Crippen molar-refractivity contribution < 1.29 is 29.1 Å². The largest absolute Gasteiger partial charge is 1.00 e. The molecule has 0 saturated carbocycles. The standard InChI is InChI=1S/C16H20OP.HI/c1-14(17)13-18(2,15-9-5-3-6-10-15)16-11-7-4-8-12-16;/h3-12,14,17H,13H2,1-2H3;1H/q+1;/p-1. The molecular weight excluding hydrogens is 366 g/mol. The van der Waals surface area contributed by atoms with E-state index in [2.05, 4.69) is 55.2 Å². The van der Waals surface area contributed by atoms with Crippen LogP contribution in [0.4, 0.5) is 0 Å². The van der Waals surface area contributed by atoms with Gasteiger partial charge in [0.25, 0.3) is 0 Å². The van der Waals surface area contributed by atoms with Crippen LogP contribution < -0.4 is 34.6 Å². The molecule has 0 aliphatic heterocycles. The highest BCUT2D eigenvalue weighted by Gasteiger charge is 2.38. The van der Waals surface area contributed by atoms with Gasteiger partial charge in [0, 0.05) is 0 Å². The third kappa shape index (κ3) is 4.01. The van der Waals surface area contributed by atoms with Gasteiger partial charge in [0.2, 0.25) is 0 Å². The summed E-state index contributed by atoms with van der Waals surface area (Å²) in [5.41, 5.74) is 0. The number of benzene rings is 2. The molecule has 0 aliphatic carbocycles. The molecule has 0 bridgehead atoms. The van der Waals surface area contributed by atoms with Gasteiger partial charge in [-0.05, 0) is 31.2 Å². The molecule has 0 aromatic heterocycles. The van der Waals surface area contributed by atoms with Crippen molar-refractivity contribution in [3.05, 3.63) is 60.7 Å². The van der Waals surface area contributed by atoms with Gasteiger partial charge in [0.05, 0.1) is 36.8 Å². The summed E-state index contributed by atoms with van der Waals surface area (Å²) in [6.07, 6.45) is 0.560. The van der Waals surface area contributed by atoms with Crippen LogP contribution in [0.3, 0.4) is 0 Å².